The van der Waals surface area contributed by atoms with E-state index in [0.717, 1.165) is 12.8 Å². The summed E-state index contributed by atoms with van der Waals surface area (Å²) in [6.07, 6.45) is 3.45. The van der Waals surface area contributed by atoms with Gasteiger partial charge in [0.2, 0.25) is 5.91 Å². The topological polar surface area (TPSA) is 105 Å². The molecule has 2 rings (SSSR count). The van der Waals surface area contributed by atoms with Crippen LogP contribution in [0.15, 0.2) is 0 Å². The summed E-state index contributed by atoms with van der Waals surface area (Å²) in [5, 5.41) is 5.56. The first kappa shape index (κ1) is 18.7. The lowest BCUT2D eigenvalue weighted by Gasteiger charge is -2.20. The zero-order valence-electron chi connectivity index (χ0n) is 12.9. The van der Waals surface area contributed by atoms with E-state index < -0.39 is 5.54 Å². The average Bonchev–Trinajstić information content (AvgIpc) is 3.02. The van der Waals surface area contributed by atoms with E-state index in [1.165, 1.54) is 4.90 Å². The van der Waals surface area contributed by atoms with Crippen LogP contribution in [0.3, 0.4) is 0 Å². The van der Waals surface area contributed by atoms with Crippen LogP contribution in [0.1, 0.15) is 39.0 Å². The van der Waals surface area contributed by atoms with Crippen molar-refractivity contribution < 1.29 is 14.4 Å². The maximum absolute atomic E-state index is 12.4. The number of rotatable bonds is 6. The minimum absolute atomic E-state index is 0. The highest BCUT2D eigenvalue weighted by atomic mass is 35.5. The Hall–Kier alpha value is -1.34. The second-order valence-electron chi connectivity index (χ2n) is 6.07. The molecular weight excluding hydrogens is 308 g/mol. The number of halogens is 1. The fourth-order valence-electron chi connectivity index (χ4n) is 2.87. The zero-order valence-corrected chi connectivity index (χ0v) is 13.7. The van der Waals surface area contributed by atoms with Crippen LogP contribution in [0.2, 0.25) is 0 Å². The van der Waals surface area contributed by atoms with E-state index in [-0.39, 0.29) is 49.1 Å². The highest BCUT2D eigenvalue weighted by Gasteiger charge is 2.52. The molecule has 126 valence electrons. The normalized spacial score (nSPS) is 20.7. The molecular formula is C14H25ClN4O3. The first-order valence-electron chi connectivity index (χ1n) is 7.59. The SMILES string of the molecule is CC(CN)CNC(=O)CCN1C(=O)NC2(CCCC2)C1=O.Cl. The van der Waals surface area contributed by atoms with E-state index in [2.05, 4.69) is 10.6 Å². The van der Waals surface area contributed by atoms with E-state index in [0.29, 0.717) is 25.9 Å². The average molecular weight is 333 g/mol. The molecule has 1 aliphatic heterocycles. The third-order valence-corrected chi connectivity index (χ3v) is 4.32. The summed E-state index contributed by atoms with van der Waals surface area (Å²) in [4.78, 5) is 37.2. The van der Waals surface area contributed by atoms with Gasteiger partial charge in [-0.05, 0) is 25.3 Å². The van der Waals surface area contributed by atoms with Gasteiger partial charge in [-0.15, -0.1) is 12.4 Å². The number of carbonyl (C=O) groups is 3. The smallest absolute Gasteiger partial charge is 0.325 e. The number of urea groups is 1. The molecule has 1 saturated carbocycles. The lowest BCUT2D eigenvalue weighted by atomic mass is 9.98. The molecule has 1 spiro atoms. The summed E-state index contributed by atoms with van der Waals surface area (Å²) in [5.41, 5.74) is 4.78. The number of nitrogens with two attached hydrogens (primary N) is 1. The molecule has 0 radical (unpaired) electrons. The lowest BCUT2D eigenvalue weighted by molar-refractivity contribution is -0.131. The molecule has 8 heteroatoms. The van der Waals surface area contributed by atoms with Crippen LogP contribution < -0.4 is 16.4 Å². The van der Waals surface area contributed by atoms with Gasteiger partial charge in [-0.3, -0.25) is 14.5 Å². The summed E-state index contributed by atoms with van der Waals surface area (Å²) in [7, 11) is 0. The maximum Gasteiger partial charge on any atom is 0.325 e. The summed E-state index contributed by atoms with van der Waals surface area (Å²) in [5.74, 6) is -0.121. The van der Waals surface area contributed by atoms with Gasteiger partial charge in [0.05, 0.1) is 0 Å². The molecule has 1 heterocycles. The Balaban J connectivity index is 0.00000242. The zero-order chi connectivity index (χ0) is 15.5. The number of nitrogens with zero attached hydrogens (tertiary/aromatic N) is 1. The van der Waals surface area contributed by atoms with Crippen molar-refractivity contribution in [1.29, 1.82) is 0 Å². The van der Waals surface area contributed by atoms with E-state index in [1.807, 2.05) is 6.92 Å². The van der Waals surface area contributed by atoms with Crippen LogP contribution in [0.5, 0.6) is 0 Å². The minimum Gasteiger partial charge on any atom is -0.356 e. The Labute approximate surface area is 136 Å². The molecule has 0 bridgehead atoms. The van der Waals surface area contributed by atoms with Crippen molar-refractivity contribution in [2.45, 2.75) is 44.6 Å². The van der Waals surface area contributed by atoms with Gasteiger partial charge in [-0.1, -0.05) is 19.8 Å². The number of nitrogens with one attached hydrogen (secondary N) is 2. The monoisotopic (exact) mass is 332 g/mol. The molecule has 1 unspecified atom stereocenters. The Morgan fingerprint density at radius 2 is 2.05 bits per heavy atom. The van der Waals surface area contributed by atoms with Crippen molar-refractivity contribution in [3.8, 4) is 0 Å². The van der Waals surface area contributed by atoms with E-state index in [9.17, 15) is 14.4 Å². The Morgan fingerprint density at radius 1 is 1.41 bits per heavy atom. The highest BCUT2D eigenvalue weighted by molar-refractivity contribution is 6.07. The molecule has 1 aliphatic carbocycles. The number of imide groups is 1. The number of hydrogen-bond donors (Lipinski definition) is 3. The van der Waals surface area contributed by atoms with Gasteiger partial charge in [0.25, 0.3) is 5.91 Å². The van der Waals surface area contributed by atoms with Crippen LogP contribution in [-0.4, -0.2) is 47.9 Å². The first-order chi connectivity index (χ1) is 9.98. The van der Waals surface area contributed by atoms with Crippen molar-refractivity contribution in [2.24, 2.45) is 11.7 Å². The summed E-state index contributed by atoms with van der Waals surface area (Å²) < 4.78 is 0. The van der Waals surface area contributed by atoms with Crippen molar-refractivity contribution in [2.75, 3.05) is 19.6 Å². The van der Waals surface area contributed by atoms with Crippen molar-refractivity contribution in [3.05, 3.63) is 0 Å². The summed E-state index contributed by atoms with van der Waals surface area (Å²) in [6, 6.07) is -0.370. The van der Waals surface area contributed by atoms with Gasteiger partial charge >= 0.3 is 6.03 Å². The van der Waals surface area contributed by atoms with Crippen LogP contribution in [-0.2, 0) is 9.59 Å². The van der Waals surface area contributed by atoms with Gasteiger partial charge < -0.3 is 16.4 Å². The first-order valence-corrected chi connectivity index (χ1v) is 7.59. The second-order valence-corrected chi connectivity index (χ2v) is 6.07. The standard InChI is InChI=1S/C14H24N4O3.ClH/c1-10(8-15)9-16-11(19)4-7-18-12(20)14(17-13(18)21)5-2-3-6-14;/h10H,2-9,15H2,1H3,(H,16,19)(H,17,21);1H. The van der Waals surface area contributed by atoms with Gasteiger partial charge in [-0.25, -0.2) is 4.79 Å². The van der Waals surface area contributed by atoms with Crippen molar-refractivity contribution in [1.82, 2.24) is 15.5 Å². The van der Waals surface area contributed by atoms with E-state index >= 15 is 0 Å². The summed E-state index contributed by atoms with van der Waals surface area (Å²) >= 11 is 0. The molecule has 4 amide bonds. The van der Waals surface area contributed by atoms with Gasteiger partial charge in [0, 0.05) is 19.5 Å². The maximum atomic E-state index is 12.4. The van der Waals surface area contributed by atoms with Crippen LogP contribution in [0.4, 0.5) is 4.79 Å². The number of carbonyl (C=O) groups excluding carboxylic acids is 3. The minimum atomic E-state index is -0.693. The summed E-state index contributed by atoms with van der Waals surface area (Å²) in [6.45, 7) is 3.10. The third kappa shape index (κ3) is 3.89. The quantitative estimate of drug-likeness (QED) is 0.611. The second kappa shape index (κ2) is 7.78. The molecule has 2 aliphatic rings. The number of hydrogen-bond acceptors (Lipinski definition) is 4. The van der Waals surface area contributed by atoms with Gasteiger partial charge in [0.1, 0.15) is 5.54 Å². The van der Waals surface area contributed by atoms with Crippen molar-refractivity contribution in [3.63, 3.8) is 0 Å². The fraction of sp³-hybridized carbons (Fsp3) is 0.786. The molecule has 7 nitrogen and oxygen atoms in total. The number of amides is 4. The molecule has 2 fully saturated rings. The Morgan fingerprint density at radius 3 is 2.64 bits per heavy atom. The molecule has 0 aromatic carbocycles. The molecule has 1 atom stereocenters. The molecule has 1 saturated heterocycles. The largest absolute Gasteiger partial charge is 0.356 e. The Kier molecular flexibility index (Phi) is 6.62. The van der Waals surface area contributed by atoms with Gasteiger partial charge in [-0.2, -0.15) is 0 Å². The van der Waals surface area contributed by atoms with E-state index in [1.54, 1.807) is 0 Å². The van der Waals surface area contributed by atoms with Gasteiger partial charge in [0.15, 0.2) is 0 Å². The third-order valence-electron chi connectivity index (χ3n) is 4.32. The lowest BCUT2D eigenvalue weighted by Crippen LogP contribution is -2.44. The van der Waals surface area contributed by atoms with E-state index in [4.69, 9.17) is 5.73 Å². The molecule has 0 aromatic rings. The Bertz CT molecular complexity index is 438. The predicted octanol–water partition coefficient (Wildman–Crippen LogP) is 0.374. The van der Waals surface area contributed by atoms with Crippen LogP contribution in [0, 0.1) is 5.92 Å². The fourth-order valence-corrected chi connectivity index (χ4v) is 2.87. The predicted molar refractivity (Wildman–Crippen MR) is 84.5 cm³/mol. The molecule has 0 aromatic heterocycles. The molecule has 22 heavy (non-hydrogen) atoms. The van der Waals surface area contributed by atoms with Crippen molar-refractivity contribution >= 4 is 30.3 Å². The molecule has 4 N–H and O–H groups in total. The van der Waals surface area contributed by atoms with Crippen LogP contribution in [0.25, 0.3) is 0 Å². The van der Waals surface area contributed by atoms with Crippen LogP contribution >= 0.6 is 12.4 Å². The highest BCUT2D eigenvalue weighted by Crippen LogP contribution is 2.34.